The van der Waals surface area contributed by atoms with Crippen LogP contribution < -0.4 is 5.32 Å². The van der Waals surface area contributed by atoms with Crippen LogP contribution >= 0.6 is 0 Å². The topological polar surface area (TPSA) is 89.8 Å². The predicted octanol–water partition coefficient (Wildman–Crippen LogP) is 0.174. The minimum absolute atomic E-state index is 0.115. The fourth-order valence-electron chi connectivity index (χ4n) is 1.30. The Morgan fingerprint density at radius 2 is 1.94 bits per heavy atom. The van der Waals surface area contributed by atoms with Crippen LogP contribution in [-0.4, -0.2) is 40.0 Å². The van der Waals surface area contributed by atoms with Crippen LogP contribution in [0.5, 0.6) is 5.75 Å². The van der Waals surface area contributed by atoms with E-state index in [1.807, 2.05) is 0 Å². The minimum atomic E-state index is -1.10. The Bertz CT molecular complexity index is 413. The van der Waals surface area contributed by atoms with Gasteiger partial charge in [-0.2, -0.15) is 0 Å². The molecule has 0 aliphatic rings. The highest BCUT2D eigenvalue weighted by Gasteiger charge is 2.26. The number of nitrogens with one attached hydrogen (secondary N) is 1. The summed E-state index contributed by atoms with van der Waals surface area (Å²) < 4.78 is 0. The molecule has 0 bridgehead atoms. The van der Waals surface area contributed by atoms with Crippen molar-refractivity contribution in [3.8, 4) is 5.75 Å². The number of rotatable bonds is 4. The van der Waals surface area contributed by atoms with E-state index in [0.717, 1.165) is 5.56 Å². The number of aliphatic hydroxyl groups excluding tert-OH is 2. The third kappa shape index (κ3) is 3.18. The van der Waals surface area contributed by atoms with Gasteiger partial charge in [0.15, 0.2) is 0 Å². The molecule has 0 unspecified atom stereocenters. The Kier molecular flexibility index (Phi) is 4.09. The van der Waals surface area contributed by atoms with Crippen LogP contribution in [0.15, 0.2) is 18.2 Å². The van der Waals surface area contributed by atoms with E-state index >= 15 is 0 Å². The number of phenols is 1. The van der Waals surface area contributed by atoms with Crippen LogP contribution in [-0.2, 0) is 0 Å². The van der Waals surface area contributed by atoms with Crippen LogP contribution in [0.25, 0.3) is 0 Å². The Morgan fingerprint density at radius 3 is 2.41 bits per heavy atom. The predicted molar refractivity (Wildman–Crippen MR) is 62.9 cm³/mol. The Hall–Kier alpha value is -1.59. The fourth-order valence-corrected chi connectivity index (χ4v) is 1.30. The van der Waals surface area contributed by atoms with E-state index in [4.69, 9.17) is 10.2 Å². The summed E-state index contributed by atoms with van der Waals surface area (Å²) in [4.78, 5) is 11.8. The van der Waals surface area contributed by atoms with Crippen molar-refractivity contribution in [3.05, 3.63) is 29.3 Å². The number of aryl methyl sites for hydroxylation is 1. The lowest BCUT2D eigenvalue weighted by Gasteiger charge is -2.26. The van der Waals surface area contributed by atoms with E-state index in [0.29, 0.717) is 0 Å². The van der Waals surface area contributed by atoms with E-state index in [9.17, 15) is 9.90 Å². The van der Waals surface area contributed by atoms with Gasteiger partial charge in [0.1, 0.15) is 5.75 Å². The number of aliphatic hydroxyl groups is 2. The maximum absolute atomic E-state index is 11.8. The van der Waals surface area contributed by atoms with Crippen LogP contribution in [0.2, 0.25) is 0 Å². The Labute approximate surface area is 99.7 Å². The quantitative estimate of drug-likeness (QED) is 0.603. The SMILES string of the molecule is Cc1ccc(C(=O)NC(C)(CO)CO)c(O)c1. The molecule has 1 amide bonds. The molecule has 5 heteroatoms. The highest BCUT2D eigenvalue weighted by molar-refractivity contribution is 5.97. The largest absolute Gasteiger partial charge is 0.507 e. The summed E-state index contributed by atoms with van der Waals surface area (Å²) in [6.07, 6.45) is 0. The highest BCUT2D eigenvalue weighted by atomic mass is 16.3. The van der Waals surface area contributed by atoms with Gasteiger partial charge in [-0.15, -0.1) is 0 Å². The highest BCUT2D eigenvalue weighted by Crippen LogP contribution is 2.19. The zero-order valence-corrected chi connectivity index (χ0v) is 9.90. The average Bonchev–Trinajstić information content (AvgIpc) is 2.28. The molecule has 1 aromatic carbocycles. The third-order valence-corrected chi connectivity index (χ3v) is 2.51. The lowest BCUT2D eigenvalue weighted by atomic mass is 10.0. The van der Waals surface area contributed by atoms with Crippen molar-refractivity contribution >= 4 is 5.91 Å². The molecule has 0 heterocycles. The van der Waals surface area contributed by atoms with Crippen molar-refractivity contribution in [3.63, 3.8) is 0 Å². The number of benzene rings is 1. The van der Waals surface area contributed by atoms with Crippen molar-refractivity contribution in [1.82, 2.24) is 5.32 Å². The fraction of sp³-hybridized carbons (Fsp3) is 0.417. The summed E-state index contributed by atoms with van der Waals surface area (Å²) >= 11 is 0. The number of carbonyl (C=O) groups excluding carboxylic acids is 1. The van der Waals surface area contributed by atoms with Gasteiger partial charge in [0.05, 0.1) is 24.3 Å². The smallest absolute Gasteiger partial charge is 0.255 e. The molecule has 0 aliphatic heterocycles. The van der Waals surface area contributed by atoms with Gasteiger partial charge in [-0.1, -0.05) is 6.07 Å². The first-order valence-corrected chi connectivity index (χ1v) is 5.26. The summed E-state index contributed by atoms with van der Waals surface area (Å²) in [5, 5.41) is 30.2. The molecule has 94 valence electrons. The molecule has 4 N–H and O–H groups in total. The molecule has 0 fully saturated rings. The number of aromatic hydroxyl groups is 1. The zero-order valence-electron chi connectivity index (χ0n) is 9.90. The monoisotopic (exact) mass is 239 g/mol. The van der Waals surface area contributed by atoms with Gasteiger partial charge in [-0.3, -0.25) is 4.79 Å². The van der Waals surface area contributed by atoms with Crippen LogP contribution in [0, 0.1) is 6.92 Å². The van der Waals surface area contributed by atoms with E-state index in [1.54, 1.807) is 13.0 Å². The van der Waals surface area contributed by atoms with Gasteiger partial charge < -0.3 is 20.6 Å². The first-order chi connectivity index (χ1) is 7.91. The molecule has 0 atom stereocenters. The van der Waals surface area contributed by atoms with E-state index in [1.165, 1.54) is 19.1 Å². The average molecular weight is 239 g/mol. The number of hydrogen-bond acceptors (Lipinski definition) is 4. The first-order valence-electron chi connectivity index (χ1n) is 5.26. The van der Waals surface area contributed by atoms with Gasteiger partial charge in [0.25, 0.3) is 5.91 Å². The molecule has 0 saturated carbocycles. The van der Waals surface area contributed by atoms with Gasteiger partial charge in [-0.25, -0.2) is 0 Å². The molecule has 0 radical (unpaired) electrons. The van der Waals surface area contributed by atoms with E-state index in [2.05, 4.69) is 5.32 Å². The number of phenolic OH excluding ortho intramolecular Hbond substituents is 1. The second-order valence-corrected chi connectivity index (χ2v) is 4.35. The van der Waals surface area contributed by atoms with Crippen LogP contribution in [0.4, 0.5) is 0 Å². The lowest BCUT2D eigenvalue weighted by molar-refractivity contribution is 0.0721. The second kappa shape index (κ2) is 5.16. The van der Waals surface area contributed by atoms with Crippen molar-refractivity contribution in [2.75, 3.05) is 13.2 Å². The molecule has 0 spiro atoms. The molecule has 1 rings (SSSR count). The zero-order chi connectivity index (χ0) is 13.1. The lowest BCUT2D eigenvalue weighted by Crippen LogP contribution is -2.51. The van der Waals surface area contributed by atoms with Gasteiger partial charge in [-0.05, 0) is 31.5 Å². The molecular weight excluding hydrogens is 222 g/mol. The number of carbonyl (C=O) groups is 1. The summed E-state index contributed by atoms with van der Waals surface area (Å²) in [7, 11) is 0. The standard InChI is InChI=1S/C12H17NO4/c1-8-3-4-9(10(16)5-8)11(17)13-12(2,6-14)7-15/h3-5,14-16H,6-7H2,1-2H3,(H,13,17). The molecule has 0 aliphatic carbocycles. The molecule has 0 aromatic heterocycles. The maximum atomic E-state index is 11.8. The summed E-state index contributed by atoms with van der Waals surface area (Å²) in [6, 6.07) is 4.67. The maximum Gasteiger partial charge on any atom is 0.255 e. The number of amides is 1. The van der Waals surface area contributed by atoms with Crippen molar-refractivity contribution in [2.45, 2.75) is 19.4 Å². The van der Waals surface area contributed by atoms with E-state index < -0.39 is 11.4 Å². The second-order valence-electron chi connectivity index (χ2n) is 4.35. The summed E-state index contributed by atoms with van der Waals surface area (Å²) in [6.45, 7) is 2.53. The Balaban J connectivity index is 2.90. The van der Waals surface area contributed by atoms with Crippen LogP contribution in [0.3, 0.4) is 0 Å². The normalized spacial score (nSPS) is 11.3. The van der Waals surface area contributed by atoms with E-state index in [-0.39, 0.29) is 24.5 Å². The molecule has 1 aromatic rings. The van der Waals surface area contributed by atoms with Crippen LogP contribution in [0.1, 0.15) is 22.8 Å². The molecule has 5 nitrogen and oxygen atoms in total. The summed E-state index contributed by atoms with van der Waals surface area (Å²) in [5.74, 6) is -0.658. The van der Waals surface area contributed by atoms with Gasteiger partial charge in [0, 0.05) is 0 Å². The molecule has 0 saturated heterocycles. The third-order valence-electron chi connectivity index (χ3n) is 2.51. The molecule has 17 heavy (non-hydrogen) atoms. The van der Waals surface area contributed by atoms with Crippen molar-refractivity contribution in [1.29, 1.82) is 0 Å². The van der Waals surface area contributed by atoms with Crippen molar-refractivity contribution < 1.29 is 20.1 Å². The number of hydrogen-bond donors (Lipinski definition) is 4. The first kappa shape index (κ1) is 13.5. The Morgan fingerprint density at radius 1 is 1.35 bits per heavy atom. The van der Waals surface area contributed by atoms with Gasteiger partial charge >= 0.3 is 0 Å². The van der Waals surface area contributed by atoms with Crippen molar-refractivity contribution in [2.24, 2.45) is 0 Å². The minimum Gasteiger partial charge on any atom is -0.507 e. The van der Waals surface area contributed by atoms with Gasteiger partial charge in [0.2, 0.25) is 0 Å². The summed E-state index contributed by atoms with van der Waals surface area (Å²) in [5.41, 5.74) is -0.149. The molecular formula is C12H17NO4.